The molecule has 0 radical (unpaired) electrons. The summed E-state index contributed by atoms with van der Waals surface area (Å²) in [6, 6.07) is 5.93. The van der Waals surface area contributed by atoms with Crippen molar-refractivity contribution in [3.8, 4) is 0 Å². The molecule has 0 aliphatic rings. The average molecular weight is 473 g/mol. The summed E-state index contributed by atoms with van der Waals surface area (Å²) in [4.78, 5) is 11.9. The van der Waals surface area contributed by atoms with Crippen molar-refractivity contribution in [3.05, 3.63) is 34.9 Å². The Kier molecular flexibility index (Phi) is 19.0. The van der Waals surface area contributed by atoms with Gasteiger partial charge < -0.3 is 5.11 Å². The highest BCUT2D eigenvalue weighted by atomic mass is 16.4. The molecule has 1 unspecified atom stereocenters. The molecule has 1 N–H and O–H groups in total. The van der Waals surface area contributed by atoms with Gasteiger partial charge in [0.05, 0.1) is 5.56 Å². The zero-order valence-electron chi connectivity index (χ0n) is 23.0. The number of carboxylic acids is 1. The van der Waals surface area contributed by atoms with E-state index in [4.69, 9.17) is 0 Å². The van der Waals surface area contributed by atoms with E-state index >= 15 is 0 Å². The van der Waals surface area contributed by atoms with Crippen LogP contribution in [0.25, 0.3) is 0 Å². The molecule has 0 aromatic heterocycles. The Morgan fingerprint density at radius 1 is 0.706 bits per heavy atom. The number of hydrogen-bond acceptors (Lipinski definition) is 1. The van der Waals surface area contributed by atoms with Gasteiger partial charge in [-0.05, 0) is 42.4 Å². The summed E-state index contributed by atoms with van der Waals surface area (Å²) in [5.41, 5.74) is 2.92. The van der Waals surface area contributed by atoms with E-state index in [0.29, 0.717) is 11.5 Å². The normalized spacial score (nSPS) is 12.2. The zero-order chi connectivity index (χ0) is 24.9. The molecule has 2 nitrogen and oxygen atoms in total. The van der Waals surface area contributed by atoms with Crippen molar-refractivity contribution in [1.29, 1.82) is 0 Å². The third-order valence-corrected chi connectivity index (χ3v) is 7.40. The second-order valence-corrected chi connectivity index (χ2v) is 10.8. The molecular formula is C32H56O2. The number of unbranched alkanes of at least 4 members (excludes halogenated alkanes) is 16. The summed E-state index contributed by atoms with van der Waals surface area (Å²) in [5, 5.41) is 9.75. The lowest BCUT2D eigenvalue weighted by Gasteiger charge is -2.17. The van der Waals surface area contributed by atoms with Crippen LogP contribution < -0.4 is 0 Å². The first-order valence-corrected chi connectivity index (χ1v) is 14.9. The van der Waals surface area contributed by atoms with E-state index in [1.807, 2.05) is 6.07 Å². The van der Waals surface area contributed by atoms with Crippen molar-refractivity contribution in [1.82, 2.24) is 0 Å². The second-order valence-electron chi connectivity index (χ2n) is 10.8. The molecule has 0 aliphatic carbocycles. The Balaban J connectivity index is 2.36. The third kappa shape index (κ3) is 14.8. The van der Waals surface area contributed by atoms with Crippen molar-refractivity contribution >= 4 is 5.97 Å². The molecule has 0 bridgehead atoms. The number of carboxylic acid groups (broad SMARTS) is 1. The van der Waals surface area contributed by atoms with Crippen LogP contribution >= 0.6 is 0 Å². The van der Waals surface area contributed by atoms with Crippen LogP contribution in [-0.2, 0) is 12.8 Å². The molecule has 0 fully saturated rings. The lowest BCUT2D eigenvalue weighted by molar-refractivity contribution is 0.0695. The van der Waals surface area contributed by atoms with E-state index in [1.54, 1.807) is 6.07 Å². The minimum atomic E-state index is -0.765. The maximum Gasteiger partial charge on any atom is 0.335 e. The second kappa shape index (κ2) is 21.0. The van der Waals surface area contributed by atoms with Crippen molar-refractivity contribution < 1.29 is 9.90 Å². The maximum atomic E-state index is 11.9. The number of carbonyl (C=O) groups is 1. The van der Waals surface area contributed by atoms with E-state index in [9.17, 15) is 9.90 Å². The van der Waals surface area contributed by atoms with Gasteiger partial charge in [-0.25, -0.2) is 4.79 Å². The number of hydrogen-bond donors (Lipinski definition) is 1. The Bertz CT molecular complexity index is 621. The number of rotatable bonds is 23. The lowest BCUT2D eigenvalue weighted by Crippen LogP contribution is -2.09. The summed E-state index contributed by atoms with van der Waals surface area (Å²) in [5.74, 6) is -0.144. The molecule has 0 spiro atoms. The van der Waals surface area contributed by atoms with Gasteiger partial charge in [-0.3, -0.25) is 0 Å². The first-order valence-electron chi connectivity index (χ1n) is 14.9. The van der Waals surface area contributed by atoms with Crippen LogP contribution in [0.3, 0.4) is 0 Å². The smallest absolute Gasteiger partial charge is 0.335 e. The molecule has 0 amide bonds. The van der Waals surface area contributed by atoms with Crippen LogP contribution in [0.15, 0.2) is 18.2 Å². The molecule has 0 aliphatic heterocycles. The van der Waals surface area contributed by atoms with Gasteiger partial charge in [0.15, 0.2) is 0 Å². The van der Waals surface area contributed by atoms with Gasteiger partial charge in [0, 0.05) is 0 Å². The van der Waals surface area contributed by atoms with Gasteiger partial charge in [-0.2, -0.15) is 0 Å². The van der Waals surface area contributed by atoms with Crippen molar-refractivity contribution in [2.45, 2.75) is 156 Å². The minimum Gasteiger partial charge on any atom is -0.478 e. The SMILES string of the molecule is CCCCCCCCCCCCC(C)Cc1cccc(C(=O)O)c1CCCCCCCCCC. The topological polar surface area (TPSA) is 37.3 Å². The molecule has 1 aromatic carbocycles. The fourth-order valence-electron chi connectivity index (χ4n) is 5.21. The van der Waals surface area contributed by atoms with Crippen molar-refractivity contribution in [2.24, 2.45) is 5.92 Å². The van der Waals surface area contributed by atoms with Crippen LogP contribution in [0.5, 0.6) is 0 Å². The van der Waals surface area contributed by atoms with Crippen LogP contribution in [0.4, 0.5) is 0 Å². The first-order chi connectivity index (χ1) is 16.6. The summed E-state index contributed by atoms with van der Waals surface area (Å²) < 4.78 is 0. The standard InChI is InChI=1S/C32H56O2/c1-4-6-8-10-12-14-15-16-18-20-23-28(3)27-29-24-22-26-31(32(33)34)30(29)25-21-19-17-13-11-9-7-5-2/h22,24,26,28H,4-21,23,25,27H2,1-3H3,(H,33,34). The Morgan fingerprint density at radius 2 is 1.18 bits per heavy atom. The highest BCUT2D eigenvalue weighted by Crippen LogP contribution is 2.24. The molecular weight excluding hydrogens is 416 g/mol. The summed E-state index contributed by atoms with van der Waals surface area (Å²) in [6.45, 7) is 6.89. The molecule has 0 saturated carbocycles. The summed E-state index contributed by atoms with van der Waals surface area (Å²) in [7, 11) is 0. The fraction of sp³-hybridized carbons (Fsp3) is 0.781. The molecule has 196 valence electrons. The quantitative estimate of drug-likeness (QED) is 0.161. The van der Waals surface area contributed by atoms with Gasteiger partial charge in [-0.15, -0.1) is 0 Å². The fourth-order valence-corrected chi connectivity index (χ4v) is 5.21. The van der Waals surface area contributed by atoms with E-state index in [2.05, 4.69) is 26.8 Å². The van der Waals surface area contributed by atoms with Crippen LogP contribution in [-0.4, -0.2) is 11.1 Å². The molecule has 1 atom stereocenters. The molecule has 34 heavy (non-hydrogen) atoms. The van der Waals surface area contributed by atoms with Gasteiger partial charge in [0.1, 0.15) is 0 Å². The molecule has 0 saturated heterocycles. The van der Waals surface area contributed by atoms with Gasteiger partial charge >= 0.3 is 5.97 Å². The average Bonchev–Trinajstić information content (AvgIpc) is 2.82. The van der Waals surface area contributed by atoms with E-state index in [0.717, 1.165) is 24.8 Å². The van der Waals surface area contributed by atoms with Crippen LogP contribution in [0, 0.1) is 5.92 Å². The Morgan fingerprint density at radius 3 is 1.68 bits per heavy atom. The predicted molar refractivity (Wildman–Crippen MR) is 149 cm³/mol. The van der Waals surface area contributed by atoms with Crippen molar-refractivity contribution in [3.63, 3.8) is 0 Å². The molecule has 2 heteroatoms. The van der Waals surface area contributed by atoms with E-state index in [1.165, 1.54) is 121 Å². The molecule has 1 aromatic rings. The third-order valence-electron chi connectivity index (χ3n) is 7.40. The van der Waals surface area contributed by atoms with Gasteiger partial charge in [0.25, 0.3) is 0 Å². The summed E-state index contributed by atoms with van der Waals surface area (Å²) >= 11 is 0. The van der Waals surface area contributed by atoms with Crippen molar-refractivity contribution in [2.75, 3.05) is 0 Å². The summed E-state index contributed by atoms with van der Waals surface area (Å²) in [6.07, 6.45) is 27.3. The van der Waals surface area contributed by atoms with Crippen LogP contribution in [0.1, 0.15) is 164 Å². The number of benzene rings is 1. The largest absolute Gasteiger partial charge is 0.478 e. The highest BCUT2D eigenvalue weighted by molar-refractivity contribution is 5.89. The first kappa shape index (κ1) is 30.7. The minimum absolute atomic E-state index is 0.534. The monoisotopic (exact) mass is 472 g/mol. The molecule has 1 rings (SSSR count). The predicted octanol–water partition coefficient (Wildman–Crippen LogP) is 10.6. The number of aromatic carboxylic acids is 1. The highest BCUT2D eigenvalue weighted by Gasteiger charge is 2.15. The Hall–Kier alpha value is -1.31. The maximum absolute atomic E-state index is 11.9. The zero-order valence-corrected chi connectivity index (χ0v) is 23.0. The van der Waals surface area contributed by atoms with Crippen LogP contribution in [0.2, 0.25) is 0 Å². The van der Waals surface area contributed by atoms with Gasteiger partial charge in [-0.1, -0.05) is 148 Å². The molecule has 0 heterocycles. The van der Waals surface area contributed by atoms with E-state index in [-0.39, 0.29) is 0 Å². The lowest BCUT2D eigenvalue weighted by atomic mass is 9.88. The van der Waals surface area contributed by atoms with E-state index < -0.39 is 5.97 Å². The van der Waals surface area contributed by atoms with Gasteiger partial charge in [0.2, 0.25) is 0 Å². The Labute approximate surface area is 212 Å².